The first-order valence-corrected chi connectivity index (χ1v) is 7.80. The molecule has 2 aromatic rings. The van der Waals surface area contributed by atoms with Crippen LogP contribution in [0.25, 0.3) is 0 Å². The number of rotatable bonds is 3. The Morgan fingerprint density at radius 3 is 2.50 bits per heavy atom. The lowest BCUT2D eigenvalue weighted by Gasteiger charge is -2.44. The van der Waals surface area contributed by atoms with E-state index in [0.29, 0.717) is 0 Å². The Labute approximate surface area is 131 Å². The van der Waals surface area contributed by atoms with Crippen LogP contribution in [0, 0.1) is 5.82 Å². The molecule has 1 aliphatic heterocycles. The summed E-state index contributed by atoms with van der Waals surface area (Å²) >= 11 is 0. The first-order chi connectivity index (χ1) is 10.4. The Hall–Kier alpha value is -1.71. The third-order valence-electron chi connectivity index (χ3n) is 4.39. The lowest BCUT2D eigenvalue weighted by Crippen LogP contribution is -2.50. The fraction of sp³-hybridized carbons (Fsp3) is 0.368. The number of hydrogen-bond acceptors (Lipinski definition) is 2. The van der Waals surface area contributed by atoms with E-state index < -0.39 is 0 Å². The van der Waals surface area contributed by atoms with Gasteiger partial charge in [0.05, 0.1) is 6.04 Å². The van der Waals surface area contributed by atoms with Gasteiger partial charge in [0, 0.05) is 18.6 Å². The number of halogens is 1. The number of benzene rings is 2. The molecule has 3 heteroatoms. The van der Waals surface area contributed by atoms with Crippen LogP contribution in [-0.4, -0.2) is 17.0 Å². The van der Waals surface area contributed by atoms with Gasteiger partial charge in [-0.25, -0.2) is 4.39 Å². The molecule has 3 rings (SSSR count). The summed E-state index contributed by atoms with van der Waals surface area (Å²) in [5.74, 6) is -0.191. The van der Waals surface area contributed by atoms with Crippen molar-refractivity contribution in [1.29, 1.82) is 0 Å². The van der Waals surface area contributed by atoms with Gasteiger partial charge in [0.15, 0.2) is 0 Å². The van der Waals surface area contributed by atoms with Gasteiger partial charge in [-0.15, -0.1) is 0 Å². The molecule has 1 atom stereocenters. The molecule has 0 aliphatic carbocycles. The van der Waals surface area contributed by atoms with Gasteiger partial charge in [0.1, 0.15) is 5.82 Å². The fourth-order valence-corrected chi connectivity index (χ4v) is 3.48. The molecule has 1 unspecified atom stereocenters. The van der Waals surface area contributed by atoms with Gasteiger partial charge in [-0.05, 0) is 49.1 Å². The molecule has 2 N–H and O–H groups in total. The second-order valence-corrected chi connectivity index (χ2v) is 6.77. The van der Waals surface area contributed by atoms with Gasteiger partial charge in [-0.3, -0.25) is 4.90 Å². The van der Waals surface area contributed by atoms with Crippen molar-refractivity contribution in [2.24, 2.45) is 5.73 Å². The smallest absolute Gasteiger partial charge is 0.123 e. The van der Waals surface area contributed by atoms with E-state index in [4.69, 9.17) is 5.73 Å². The van der Waals surface area contributed by atoms with Gasteiger partial charge in [-0.1, -0.05) is 36.4 Å². The molecule has 0 spiro atoms. The van der Waals surface area contributed by atoms with E-state index in [1.807, 2.05) is 12.1 Å². The largest absolute Gasteiger partial charge is 0.324 e. The van der Waals surface area contributed by atoms with Crippen LogP contribution in [0.2, 0.25) is 0 Å². The van der Waals surface area contributed by atoms with Crippen LogP contribution in [0.3, 0.4) is 0 Å². The predicted molar refractivity (Wildman–Crippen MR) is 88.0 cm³/mol. The normalized spacial score (nSPS) is 19.0. The molecule has 2 aromatic carbocycles. The summed E-state index contributed by atoms with van der Waals surface area (Å²) < 4.78 is 13.1. The molecule has 0 radical (unpaired) electrons. The van der Waals surface area contributed by atoms with Crippen LogP contribution in [0.4, 0.5) is 4.39 Å². The maximum absolute atomic E-state index is 13.1. The summed E-state index contributed by atoms with van der Waals surface area (Å²) in [6.45, 7) is 5.93. The average Bonchev–Trinajstić information content (AvgIpc) is 2.48. The van der Waals surface area contributed by atoms with Crippen LogP contribution in [0.1, 0.15) is 36.6 Å². The number of nitrogens with two attached hydrogens (primary N) is 1. The van der Waals surface area contributed by atoms with Crippen molar-refractivity contribution < 1.29 is 4.39 Å². The Balaban J connectivity index is 1.92. The highest BCUT2D eigenvalue weighted by molar-refractivity contribution is 5.35. The quantitative estimate of drug-likeness (QED) is 0.937. The number of hydrogen-bond donors (Lipinski definition) is 1. The Kier molecular flexibility index (Phi) is 4.02. The maximum atomic E-state index is 13.1. The molecule has 0 saturated carbocycles. The summed E-state index contributed by atoms with van der Waals surface area (Å²) in [5.41, 5.74) is 9.99. The van der Waals surface area contributed by atoms with Crippen molar-refractivity contribution in [1.82, 2.24) is 4.90 Å². The van der Waals surface area contributed by atoms with E-state index in [1.165, 1.54) is 23.3 Å². The monoisotopic (exact) mass is 298 g/mol. The van der Waals surface area contributed by atoms with Crippen molar-refractivity contribution in [2.45, 2.75) is 38.4 Å². The molecule has 0 amide bonds. The third kappa shape index (κ3) is 3.06. The molecule has 22 heavy (non-hydrogen) atoms. The van der Waals surface area contributed by atoms with Crippen LogP contribution in [0.15, 0.2) is 48.5 Å². The highest BCUT2D eigenvalue weighted by Gasteiger charge is 2.36. The van der Waals surface area contributed by atoms with Crippen molar-refractivity contribution >= 4 is 0 Å². The standard InChI is InChI=1S/C19H23FN2/c1-19(2,21)18-17-6-4-3-5-15(17)11-12-22(18)13-14-7-9-16(20)10-8-14/h3-10,18H,11-13,21H2,1-2H3. The molecule has 116 valence electrons. The molecule has 0 bridgehead atoms. The van der Waals surface area contributed by atoms with Gasteiger partial charge >= 0.3 is 0 Å². The van der Waals surface area contributed by atoms with E-state index in [-0.39, 0.29) is 17.4 Å². The van der Waals surface area contributed by atoms with E-state index in [2.05, 4.69) is 43.0 Å². The van der Waals surface area contributed by atoms with E-state index >= 15 is 0 Å². The summed E-state index contributed by atoms with van der Waals surface area (Å²) in [4.78, 5) is 2.41. The summed E-state index contributed by atoms with van der Waals surface area (Å²) in [5, 5.41) is 0. The fourth-order valence-electron chi connectivity index (χ4n) is 3.48. The first-order valence-electron chi connectivity index (χ1n) is 7.80. The average molecular weight is 298 g/mol. The second-order valence-electron chi connectivity index (χ2n) is 6.77. The minimum Gasteiger partial charge on any atom is -0.324 e. The molecular formula is C19H23FN2. The molecule has 1 aliphatic rings. The molecule has 1 heterocycles. The zero-order valence-electron chi connectivity index (χ0n) is 13.2. The predicted octanol–water partition coefficient (Wildman–Crippen LogP) is 3.66. The highest BCUT2D eigenvalue weighted by atomic mass is 19.1. The molecule has 0 aromatic heterocycles. The Morgan fingerprint density at radius 2 is 1.82 bits per heavy atom. The molecule has 0 saturated heterocycles. The van der Waals surface area contributed by atoms with Crippen LogP contribution >= 0.6 is 0 Å². The summed E-state index contributed by atoms with van der Waals surface area (Å²) in [7, 11) is 0. The lowest BCUT2D eigenvalue weighted by molar-refractivity contribution is 0.117. The van der Waals surface area contributed by atoms with Crippen molar-refractivity contribution in [3.63, 3.8) is 0 Å². The minimum atomic E-state index is -0.337. The highest BCUT2D eigenvalue weighted by Crippen LogP contribution is 2.37. The van der Waals surface area contributed by atoms with Gasteiger partial charge < -0.3 is 5.73 Å². The minimum absolute atomic E-state index is 0.169. The van der Waals surface area contributed by atoms with Crippen molar-refractivity contribution in [2.75, 3.05) is 6.54 Å². The van der Waals surface area contributed by atoms with Gasteiger partial charge in [-0.2, -0.15) is 0 Å². The lowest BCUT2D eigenvalue weighted by atomic mass is 9.82. The van der Waals surface area contributed by atoms with Gasteiger partial charge in [0.2, 0.25) is 0 Å². The van der Waals surface area contributed by atoms with Crippen molar-refractivity contribution in [3.05, 3.63) is 71.0 Å². The Morgan fingerprint density at radius 1 is 1.14 bits per heavy atom. The summed E-state index contributed by atoms with van der Waals surface area (Å²) in [6.07, 6.45) is 1.03. The SMILES string of the molecule is CC(C)(N)C1c2ccccc2CCN1Cc1ccc(F)cc1. The van der Waals surface area contributed by atoms with Crippen LogP contribution in [0.5, 0.6) is 0 Å². The van der Waals surface area contributed by atoms with Crippen LogP contribution < -0.4 is 5.73 Å². The van der Waals surface area contributed by atoms with Crippen molar-refractivity contribution in [3.8, 4) is 0 Å². The van der Waals surface area contributed by atoms with Crippen LogP contribution in [-0.2, 0) is 13.0 Å². The molecule has 0 fully saturated rings. The second kappa shape index (κ2) is 5.82. The Bertz CT molecular complexity index is 643. The topological polar surface area (TPSA) is 29.3 Å². The molecule has 2 nitrogen and oxygen atoms in total. The van der Waals surface area contributed by atoms with Gasteiger partial charge in [0.25, 0.3) is 0 Å². The number of nitrogens with zero attached hydrogens (tertiary/aromatic N) is 1. The maximum Gasteiger partial charge on any atom is 0.123 e. The van der Waals surface area contributed by atoms with E-state index in [9.17, 15) is 4.39 Å². The summed E-state index contributed by atoms with van der Waals surface area (Å²) in [6, 6.07) is 15.5. The molecular weight excluding hydrogens is 275 g/mol. The zero-order chi connectivity index (χ0) is 15.7. The zero-order valence-corrected chi connectivity index (χ0v) is 13.2. The first kappa shape index (κ1) is 15.2. The number of fused-ring (bicyclic) bond motifs is 1. The third-order valence-corrected chi connectivity index (χ3v) is 4.39. The van der Waals surface area contributed by atoms with E-state index in [0.717, 1.165) is 25.1 Å². The van der Waals surface area contributed by atoms with E-state index in [1.54, 1.807) is 0 Å².